The first-order valence-corrected chi connectivity index (χ1v) is 8.06. The van der Waals surface area contributed by atoms with Gasteiger partial charge in [0.25, 0.3) is 0 Å². The number of halogens is 3. The Labute approximate surface area is 148 Å². The molecule has 1 aliphatic heterocycles. The Morgan fingerprint density at radius 1 is 1.04 bits per heavy atom. The van der Waals surface area contributed by atoms with Crippen LogP contribution in [0.2, 0.25) is 0 Å². The SMILES string of the molecule is C[C@@H](Nc1ccc2c(c1)OCCCO2)C(=O)Nc1ccc(F)c(F)c1F. The molecule has 0 radical (unpaired) electrons. The second kappa shape index (κ2) is 7.55. The van der Waals surface area contributed by atoms with E-state index in [0.29, 0.717) is 30.4 Å². The van der Waals surface area contributed by atoms with Crippen LogP contribution in [0.3, 0.4) is 0 Å². The molecule has 0 unspecified atom stereocenters. The van der Waals surface area contributed by atoms with Crippen molar-refractivity contribution in [2.75, 3.05) is 23.8 Å². The zero-order valence-electron chi connectivity index (χ0n) is 13.9. The lowest BCUT2D eigenvalue weighted by Crippen LogP contribution is -2.32. The number of benzene rings is 2. The molecule has 2 N–H and O–H groups in total. The lowest BCUT2D eigenvalue weighted by atomic mass is 10.2. The standard InChI is InChI=1S/C18H17F3N2O3/c1-10(18(24)23-13-5-4-12(19)16(20)17(13)21)22-11-3-6-14-15(9-11)26-8-2-7-25-14/h3-6,9-10,22H,2,7-8H2,1H3,(H,23,24)/t10-/m1/s1. The van der Waals surface area contributed by atoms with E-state index in [1.807, 2.05) is 0 Å². The first-order valence-electron chi connectivity index (χ1n) is 8.06. The van der Waals surface area contributed by atoms with Gasteiger partial charge < -0.3 is 20.1 Å². The second-order valence-electron chi connectivity index (χ2n) is 5.79. The van der Waals surface area contributed by atoms with E-state index < -0.39 is 35.1 Å². The van der Waals surface area contributed by atoms with Crippen LogP contribution in [0.5, 0.6) is 11.5 Å². The summed E-state index contributed by atoms with van der Waals surface area (Å²) in [4.78, 5) is 12.2. The number of nitrogens with one attached hydrogen (secondary N) is 2. The van der Waals surface area contributed by atoms with Crippen molar-refractivity contribution in [3.8, 4) is 11.5 Å². The molecule has 8 heteroatoms. The van der Waals surface area contributed by atoms with E-state index in [9.17, 15) is 18.0 Å². The third-order valence-corrected chi connectivity index (χ3v) is 3.82. The molecule has 0 spiro atoms. The molecule has 1 amide bonds. The van der Waals surface area contributed by atoms with E-state index >= 15 is 0 Å². The highest BCUT2D eigenvalue weighted by molar-refractivity contribution is 5.96. The Kier molecular flexibility index (Phi) is 5.20. The van der Waals surface area contributed by atoms with E-state index in [0.717, 1.165) is 18.6 Å². The van der Waals surface area contributed by atoms with Gasteiger partial charge in [0.1, 0.15) is 6.04 Å². The number of hydrogen-bond acceptors (Lipinski definition) is 4. The minimum atomic E-state index is -1.63. The zero-order valence-corrected chi connectivity index (χ0v) is 13.9. The molecule has 26 heavy (non-hydrogen) atoms. The van der Waals surface area contributed by atoms with Gasteiger partial charge in [0, 0.05) is 18.2 Å². The van der Waals surface area contributed by atoms with Crippen LogP contribution in [-0.4, -0.2) is 25.2 Å². The monoisotopic (exact) mass is 366 g/mol. The van der Waals surface area contributed by atoms with Gasteiger partial charge in [-0.2, -0.15) is 0 Å². The van der Waals surface area contributed by atoms with Crippen LogP contribution in [0.25, 0.3) is 0 Å². The van der Waals surface area contributed by atoms with Gasteiger partial charge in [0.2, 0.25) is 5.91 Å². The van der Waals surface area contributed by atoms with Crippen LogP contribution in [0.1, 0.15) is 13.3 Å². The minimum Gasteiger partial charge on any atom is -0.490 e. The molecular weight excluding hydrogens is 349 g/mol. The van der Waals surface area contributed by atoms with Gasteiger partial charge in [-0.1, -0.05) is 0 Å². The fourth-order valence-electron chi connectivity index (χ4n) is 2.43. The predicted molar refractivity (Wildman–Crippen MR) is 90.1 cm³/mol. The molecule has 0 fully saturated rings. The minimum absolute atomic E-state index is 0.429. The normalized spacial score (nSPS) is 14.3. The lowest BCUT2D eigenvalue weighted by Gasteiger charge is -2.17. The Bertz CT molecular complexity index is 830. The second-order valence-corrected chi connectivity index (χ2v) is 5.79. The van der Waals surface area contributed by atoms with Gasteiger partial charge in [-0.3, -0.25) is 4.79 Å². The van der Waals surface area contributed by atoms with Gasteiger partial charge in [-0.25, -0.2) is 13.2 Å². The lowest BCUT2D eigenvalue weighted by molar-refractivity contribution is -0.116. The van der Waals surface area contributed by atoms with Crippen molar-refractivity contribution in [1.29, 1.82) is 0 Å². The van der Waals surface area contributed by atoms with Crippen LogP contribution >= 0.6 is 0 Å². The van der Waals surface area contributed by atoms with E-state index in [1.54, 1.807) is 25.1 Å². The maximum absolute atomic E-state index is 13.7. The van der Waals surface area contributed by atoms with Gasteiger partial charge in [0.15, 0.2) is 29.0 Å². The van der Waals surface area contributed by atoms with E-state index in [-0.39, 0.29) is 0 Å². The summed E-state index contributed by atoms with van der Waals surface area (Å²) in [5.74, 6) is -3.82. The summed E-state index contributed by atoms with van der Waals surface area (Å²) in [5, 5.41) is 5.17. The average molecular weight is 366 g/mol. The largest absolute Gasteiger partial charge is 0.490 e. The van der Waals surface area contributed by atoms with Crippen molar-refractivity contribution in [2.45, 2.75) is 19.4 Å². The Hall–Kier alpha value is -2.90. The molecule has 1 atom stereocenters. The summed E-state index contributed by atoms with van der Waals surface area (Å²) in [6, 6.07) is 6.08. The molecule has 2 aromatic rings. The number of anilines is 2. The Balaban J connectivity index is 1.68. The highest BCUT2D eigenvalue weighted by Gasteiger charge is 2.19. The van der Waals surface area contributed by atoms with Crippen molar-refractivity contribution in [2.24, 2.45) is 0 Å². The molecule has 138 valence electrons. The maximum Gasteiger partial charge on any atom is 0.246 e. The first-order chi connectivity index (χ1) is 12.5. The summed E-state index contributed by atoms with van der Waals surface area (Å²) in [6.07, 6.45) is 0.774. The summed E-state index contributed by atoms with van der Waals surface area (Å²) >= 11 is 0. The quantitative estimate of drug-likeness (QED) is 0.810. The summed E-state index contributed by atoms with van der Waals surface area (Å²) < 4.78 is 51.0. The summed E-state index contributed by atoms with van der Waals surface area (Å²) in [7, 11) is 0. The number of fused-ring (bicyclic) bond motifs is 1. The fraction of sp³-hybridized carbons (Fsp3) is 0.278. The molecule has 1 aliphatic rings. The highest BCUT2D eigenvalue weighted by Crippen LogP contribution is 2.32. The van der Waals surface area contributed by atoms with Gasteiger partial charge in [-0.05, 0) is 31.2 Å². The number of carbonyl (C=O) groups excluding carboxylic acids is 1. The Morgan fingerprint density at radius 3 is 2.54 bits per heavy atom. The van der Waals surface area contributed by atoms with Gasteiger partial charge >= 0.3 is 0 Å². The maximum atomic E-state index is 13.7. The van der Waals surface area contributed by atoms with Crippen LogP contribution in [-0.2, 0) is 4.79 Å². The zero-order chi connectivity index (χ0) is 18.7. The van der Waals surface area contributed by atoms with Gasteiger partial charge in [-0.15, -0.1) is 0 Å². The molecular formula is C18H17F3N2O3. The van der Waals surface area contributed by atoms with Crippen molar-refractivity contribution < 1.29 is 27.4 Å². The topological polar surface area (TPSA) is 59.6 Å². The van der Waals surface area contributed by atoms with Crippen LogP contribution in [0, 0.1) is 17.5 Å². The van der Waals surface area contributed by atoms with Crippen molar-refractivity contribution in [3.05, 3.63) is 47.8 Å². The molecule has 0 bridgehead atoms. The summed E-state index contributed by atoms with van der Waals surface area (Å²) in [6.45, 7) is 2.65. The van der Waals surface area contributed by atoms with E-state index in [2.05, 4.69) is 10.6 Å². The molecule has 0 aromatic heterocycles. The molecule has 1 heterocycles. The molecule has 3 rings (SSSR count). The fourth-order valence-corrected chi connectivity index (χ4v) is 2.43. The summed E-state index contributed by atoms with van der Waals surface area (Å²) in [5.41, 5.74) is 0.170. The number of amides is 1. The molecule has 0 aliphatic carbocycles. The van der Waals surface area contributed by atoms with E-state index in [1.165, 1.54) is 0 Å². The molecule has 0 saturated heterocycles. The number of ether oxygens (including phenoxy) is 2. The first kappa shape index (κ1) is 17.9. The molecule has 2 aromatic carbocycles. The van der Waals surface area contributed by atoms with Crippen molar-refractivity contribution >= 4 is 17.3 Å². The van der Waals surface area contributed by atoms with Crippen LogP contribution in [0.4, 0.5) is 24.5 Å². The van der Waals surface area contributed by atoms with E-state index in [4.69, 9.17) is 9.47 Å². The van der Waals surface area contributed by atoms with Gasteiger partial charge in [0.05, 0.1) is 18.9 Å². The Morgan fingerprint density at radius 2 is 1.77 bits per heavy atom. The third-order valence-electron chi connectivity index (χ3n) is 3.82. The smallest absolute Gasteiger partial charge is 0.246 e. The third kappa shape index (κ3) is 3.84. The van der Waals surface area contributed by atoms with Crippen molar-refractivity contribution in [3.63, 3.8) is 0 Å². The molecule has 5 nitrogen and oxygen atoms in total. The number of carbonyl (C=O) groups is 1. The van der Waals surface area contributed by atoms with Crippen LogP contribution < -0.4 is 20.1 Å². The van der Waals surface area contributed by atoms with Crippen LogP contribution in [0.15, 0.2) is 30.3 Å². The highest BCUT2D eigenvalue weighted by atomic mass is 19.2. The number of rotatable bonds is 4. The number of hydrogen-bond donors (Lipinski definition) is 2. The predicted octanol–water partition coefficient (Wildman–Crippen LogP) is 3.70. The molecule has 0 saturated carbocycles. The van der Waals surface area contributed by atoms with Crippen molar-refractivity contribution in [1.82, 2.24) is 0 Å². The average Bonchev–Trinajstić information content (AvgIpc) is 2.87.